The molecule has 0 amide bonds. The summed E-state index contributed by atoms with van der Waals surface area (Å²) in [5, 5.41) is 0. The number of rotatable bonds is 1. The molecule has 0 unspecified atom stereocenters. The van der Waals surface area contributed by atoms with E-state index >= 15 is 0 Å². The molecule has 0 radical (unpaired) electrons. The fourth-order valence-electron chi connectivity index (χ4n) is 0.784. The maximum absolute atomic E-state index is 3.43. The summed E-state index contributed by atoms with van der Waals surface area (Å²) in [5.41, 5.74) is 2.78. The predicted octanol–water partition coefficient (Wildman–Crippen LogP) is 3.69. The highest BCUT2D eigenvalue weighted by atomic mass is 127. The molecule has 2 heteroatoms. The third kappa shape index (κ3) is 1.95. The largest absolute Gasteiger partial charge is 0.0812 e. The third-order valence-corrected chi connectivity index (χ3v) is 2.77. The normalized spacial score (nSPS) is 9.90. The van der Waals surface area contributed by atoms with E-state index in [0.29, 0.717) is 0 Å². The summed E-state index contributed by atoms with van der Waals surface area (Å²) in [6.45, 7) is 2.14. The molecule has 0 heterocycles. The zero-order chi connectivity index (χ0) is 7.56. The maximum Gasteiger partial charge on any atom is 0.0250 e. The van der Waals surface area contributed by atoms with Gasteiger partial charge in [-0.1, -0.05) is 44.6 Å². The fourth-order valence-corrected chi connectivity index (χ4v) is 2.01. The standard InChI is InChI=1S/C8H8BrI/c1-6-2-3-8(9)4-7(6)5-10/h2-4H,5H2,1H3. The van der Waals surface area contributed by atoms with Gasteiger partial charge in [0.2, 0.25) is 0 Å². The van der Waals surface area contributed by atoms with Crippen molar-refractivity contribution in [3.63, 3.8) is 0 Å². The van der Waals surface area contributed by atoms with Crippen LogP contribution in [0.1, 0.15) is 11.1 Å². The van der Waals surface area contributed by atoms with E-state index in [1.165, 1.54) is 15.6 Å². The molecule has 0 fully saturated rings. The highest BCUT2D eigenvalue weighted by Gasteiger charge is 1.95. The minimum Gasteiger partial charge on any atom is -0.0812 e. The van der Waals surface area contributed by atoms with Crippen molar-refractivity contribution >= 4 is 38.5 Å². The molecule has 0 aromatic heterocycles. The van der Waals surface area contributed by atoms with Crippen LogP contribution in [0.25, 0.3) is 0 Å². The van der Waals surface area contributed by atoms with Gasteiger partial charge in [0.25, 0.3) is 0 Å². The Morgan fingerprint density at radius 1 is 1.50 bits per heavy atom. The summed E-state index contributed by atoms with van der Waals surface area (Å²) in [6, 6.07) is 6.38. The lowest BCUT2D eigenvalue weighted by atomic mass is 10.1. The molecule has 54 valence electrons. The van der Waals surface area contributed by atoms with Crippen LogP contribution in [0.3, 0.4) is 0 Å². The second-order valence-corrected chi connectivity index (χ2v) is 3.88. The van der Waals surface area contributed by atoms with Crippen LogP contribution < -0.4 is 0 Å². The van der Waals surface area contributed by atoms with Crippen LogP contribution in [-0.4, -0.2) is 0 Å². The van der Waals surface area contributed by atoms with Crippen LogP contribution in [-0.2, 0) is 4.43 Å². The zero-order valence-corrected chi connectivity index (χ0v) is 9.44. The van der Waals surface area contributed by atoms with Gasteiger partial charge in [0.15, 0.2) is 0 Å². The Labute approximate surface area is 83.3 Å². The summed E-state index contributed by atoms with van der Waals surface area (Å²) in [4.78, 5) is 0. The van der Waals surface area contributed by atoms with Crippen molar-refractivity contribution in [2.75, 3.05) is 0 Å². The van der Waals surface area contributed by atoms with Gasteiger partial charge in [-0.25, -0.2) is 0 Å². The molecule has 0 aliphatic rings. The molecule has 0 spiro atoms. The smallest absolute Gasteiger partial charge is 0.0250 e. The van der Waals surface area contributed by atoms with Gasteiger partial charge in [-0.2, -0.15) is 0 Å². The van der Waals surface area contributed by atoms with Crippen LogP contribution in [0.15, 0.2) is 22.7 Å². The first-order valence-corrected chi connectivity index (χ1v) is 5.37. The quantitative estimate of drug-likeness (QED) is 0.548. The van der Waals surface area contributed by atoms with Gasteiger partial charge in [-0.3, -0.25) is 0 Å². The van der Waals surface area contributed by atoms with Crippen molar-refractivity contribution in [1.29, 1.82) is 0 Å². The van der Waals surface area contributed by atoms with Crippen molar-refractivity contribution in [3.8, 4) is 0 Å². The Balaban J connectivity index is 3.09. The number of benzene rings is 1. The van der Waals surface area contributed by atoms with Gasteiger partial charge in [0, 0.05) is 8.90 Å². The van der Waals surface area contributed by atoms with Gasteiger partial charge in [-0.15, -0.1) is 0 Å². The Kier molecular flexibility index (Phi) is 3.17. The molecule has 0 aliphatic heterocycles. The van der Waals surface area contributed by atoms with Crippen molar-refractivity contribution in [1.82, 2.24) is 0 Å². The van der Waals surface area contributed by atoms with E-state index in [9.17, 15) is 0 Å². The van der Waals surface area contributed by atoms with Crippen LogP contribution in [0.5, 0.6) is 0 Å². The van der Waals surface area contributed by atoms with Crippen LogP contribution in [0.2, 0.25) is 0 Å². The highest BCUT2D eigenvalue weighted by Crippen LogP contribution is 2.17. The minimum absolute atomic E-state index is 1.09. The van der Waals surface area contributed by atoms with Crippen LogP contribution in [0, 0.1) is 6.92 Å². The molecule has 1 aromatic carbocycles. The lowest BCUT2D eigenvalue weighted by Crippen LogP contribution is -1.82. The predicted molar refractivity (Wildman–Crippen MR) is 56.6 cm³/mol. The first kappa shape index (κ1) is 8.53. The van der Waals surface area contributed by atoms with Crippen molar-refractivity contribution in [3.05, 3.63) is 33.8 Å². The van der Waals surface area contributed by atoms with E-state index in [1.807, 2.05) is 0 Å². The molecule has 0 bridgehead atoms. The second-order valence-electron chi connectivity index (χ2n) is 2.20. The molecule has 0 saturated carbocycles. The van der Waals surface area contributed by atoms with E-state index < -0.39 is 0 Å². The van der Waals surface area contributed by atoms with Crippen LogP contribution in [0.4, 0.5) is 0 Å². The maximum atomic E-state index is 3.43. The van der Waals surface area contributed by atoms with E-state index in [2.05, 4.69) is 63.6 Å². The SMILES string of the molecule is Cc1ccc(Br)cc1CI. The Hall–Kier alpha value is 0.430. The molecule has 0 saturated heterocycles. The van der Waals surface area contributed by atoms with E-state index in [1.54, 1.807) is 0 Å². The zero-order valence-electron chi connectivity index (χ0n) is 5.70. The Morgan fingerprint density at radius 2 is 2.20 bits per heavy atom. The summed E-state index contributed by atoms with van der Waals surface area (Å²) in [7, 11) is 0. The molecule has 1 rings (SSSR count). The molecule has 0 aliphatic carbocycles. The van der Waals surface area contributed by atoms with Crippen LogP contribution >= 0.6 is 38.5 Å². The monoisotopic (exact) mass is 310 g/mol. The number of halogens is 2. The molecule has 0 atom stereocenters. The fraction of sp³-hybridized carbons (Fsp3) is 0.250. The number of hydrogen-bond acceptors (Lipinski definition) is 0. The minimum atomic E-state index is 1.09. The average molecular weight is 311 g/mol. The lowest BCUT2D eigenvalue weighted by molar-refractivity contribution is 1.32. The summed E-state index contributed by atoms with van der Waals surface area (Å²) >= 11 is 5.81. The first-order chi connectivity index (χ1) is 4.74. The van der Waals surface area contributed by atoms with E-state index in [4.69, 9.17) is 0 Å². The topological polar surface area (TPSA) is 0 Å². The molecular weight excluding hydrogens is 303 g/mol. The van der Waals surface area contributed by atoms with Gasteiger partial charge in [0.05, 0.1) is 0 Å². The number of alkyl halides is 1. The third-order valence-electron chi connectivity index (χ3n) is 1.46. The number of hydrogen-bond donors (Lipinski definition) is 0. The van der Waals surface area contributed by atoms with Crippen molar-refractivity contribution in [2.24, 2.45) is 0 Å². The average Bonchev–Trinajstić information content (AvgIpc) is 1.94. The molecular formula is C8H8BrI. The van der Waals surface area contributed by atoms with Crippen molar-refractivity contribution in [2.45, 2.75) is 11.4 Å². The van der Waals surface area contributed by atoms with Crippen molar-refractivity contribution < 1.29 is 0 Å². The summed E-state index contributed by atoms with van der Waals surface area (Å²) in [6.07, 6.45) is 0. The van der Waals surface area contributed by atoms with Gasteiger partial charge >= 0.3 is 0 Å². The Morgan fingerprint density at radius 3 is 2.70 bits per heavy atom. The van der Waals surface area contributed by atoms with Gasteiger partial charge in [-0.05, 0) is 30.2 Å². The molecule has 1 aromatic rings. The molecule has 0 N–H and O–H groups in total. The first-order valence-electron chi connectivity index (χ1n) is 3.05. The van der Waals surface area contributed by atoms with Gasteiger partial charge in [0.1, 0.15) is 0 Å². The number of aryl methyl sites for hydroxylation is 1. The Bertz CT molecular complexity index is 233. The van der Waals surface area contributed by atoms with E-state index in [-0.39, 0.29) is 0 Å². The molecule has 0 nitrogen and oxygen atoms in total. The summed E-state index contributed by atoms with van der Waals surface area (Å²) in [5.74, 6) is 0. The molecule has 10 heavy (non-hydrogen) atoms. The lowest BCUT2D eigenvalue weighted by Gasteiger charge is -2.00. The summed E-state index contributed by atoms with van der Waals surface area (Å²) < 4.78 is 2.26. The highest BCUT2D eigenvalue weighted by molar-refractivity contribution is 14.1. The van der Waals surface area contributed by atoms with E-state index in [0.717, 1.165) is 4.43 Å². The van der Waals surface area contributed by atoms with Gasteiger partial charge < -0.3 is 0 Å². The second kappa shape index (κ2) is 3.72.